The molecule has 1 aliphatic heterocycles. The zero-order valence-electron chi connectivity index (χ0n) is 17.0. The van der Waals surface area contributed by atoms with Gasteiger partial charge in [0, 0.05) is 25.5 Å². The predicted octanol–water partition coefficient (Wildman–Crippen LogP) is 5.15. The van der Waals surface area contributed by atoms with Crippen LogP contribution in [0.4, 0.5) is 18.9 Å². The van der Waals surface area contributed by atoms with Crippen LogP contribution >= 0.6 is 0 Å². The highest BCUT2D eigenvalue weighted by Gasteiger charge is 2.30. The molecule has 0 saturated heterocycles. The lowest BCUT2D eigenvalue weighted by atomic mass is 9.90. The number of nitrogens with one attached hydrogen (secondary N) is 1. The number of aromatic nitrogens is 1. The first-order valence-corrected chi connectivity index (χ1v) is 10.1. The molecule has 1 aromatic heterocycles. The van der Waals surface area contributed by atoms with E-state index in [0.717, 1.165) is 40.1 Å². The Labute approximate surface area is 178 Å². The monoisotopic (exact) mass is 425 g/mol. The third-order valence-corrected chi connectivity index (χ3v) is 5.52. The molecular weight excluding hydrogens is 403 g/mol. The van der Waals surface area contributed by atoms with Crippen LogP contribution in [0.2, 0.25) is 0 Å². The number of pyridine rings is 1. The van der Waals surface area contributed by atoms with Gasteiger partial charge in [0.1, 0.15) is 6.04 Å². The molecule has 160 valence electrons. The fourth-order valence-corrected chi connectivity index (χ4v) is 3.94. The maximum Gasteiger partial charge on any atom is 0.416 e. The molecule has 31 heavy (non-hydrogen) atoms. The van der Waals surface area contributed by atoms with Gasteiger partial charge in [0.2, 0.25) is 5.91 Å². The van der Waals surface area contributed by atoms with Gasteiger partial charge in [0.25, 0.3) is 0 Å². The third-order valence-electron chi connectivity index (χ3n) is 5.52. The van der Waals surface area contributed by atoms with E-state index in [1.165, 1.54) is 12.1 Å². The normalized spacial score (nSPS) is 14.6. The molecule has 3 aromatic rings. The molecule has 0 fully saturated rings. The summed E-state index contributed by atoms with van der Waals surface area (Å²) in [7, 11) is 0. The lowest BCUT2D eigenvalue weighted by Crippen LogP contribution is -2.44. The van der Waals surface area contributed by atoms with E-state index in [1.54, 1.807) is 18.5 Å². The van der Waals surface area contributed by atoms with E-state index in [4.69, 9.17) is 0 Å². The van der Waals surface area contributed by atoms with Crippen molar-refractivity contribution in [2.24, 2.45) is 0 Å². The first kappa shape index (κ1) is 20.9. The largest absolute Gasteiger partial charge is 0.416 e. The Hall–Kier alpha value is -3.35. The maximum absolute atomic E-state index is 12.9. The first-order chi connectivity index (χ1) is 14.8. The summed E-state index contributed by atoms with van der Waals surface area (Å²) in [5.41, 5.74) is 3.89. The van der Waals surface area contributed by atoms with E-state index in [9.17, 15) is 18.0 Å². The van der Waals surface area contributed by atoms with Crippen molar-refractivity contribution in [2.75, 3.05) is 11.9 Å². The summed E-state index contributed by atoms with van der Waals surface area (Å²) in [4.78, 5) is 18.8. The van der Waals surface area contributed by atoms with E-state index in [0.29, 0.717) is 19.5 Å². The predicted molar refractivity (Wildman–Crippen MR) is 113 cm³/mol. The molecule has 0 radical (unpaired) electrons. The molecule has 0 spiro atoms. The highest BCUT2D eigenvalue weighted by molar-refractivity contribution is 5.84. The minimum Gasteiger partial charge on any atom is -0.373 e. The number of halogens is 3. The van der Waals surface area contributed by atoms with Crippen LogP contribution in [-0.2, 0) is 23.9 Å². The molecule has 0 unspecified atom stereocenters. The van der Waals surface area contributed by atoms with Gasteiger partial charge in [-0.05, 0) is 59.9 Å². The lowest BCUT2D eigenvalue weighted by Gasteiger charge is -2.32. The lowest BCUT2D eigenvalue weighted by molar-refractivity contribution is -0.137. The molecule has 0 saturated carbocycles. The second-order valence-electron chi connectivity index (χ2n) is 7.64. The van der Waals surface area contributed by atoms with E-state index >= 15 is 0 Å². The van der Waals surface area contributed by atoms with Gasteiger partial charge in [-0.3, -0.25) is 9.78 Å². The van der Waals surface area contributed by atoms with Crippen LogP contribution in [0.25, 0.3) is 11.1 Å². The standard InChI is InChI=1S/C24H22F3N3O/c1-16(29-20-5-3-12-28-14-20)23(31)30-13-11-22-18(15-30)4-2-6-21(22)17-7-9-19(10-8-17)24(25,26)27/h2-10,12,14,16,29H,11,13,15H2,1H3/t16-/m0/s1. The van der Waals surface area contributed by atoms with E-state index in [1.807, 2.05) is 36.1 Å². The van der Waals surface area contributed by atoms with Crippen molar-refractivity contribution in [3.8, 4) is 11.1 Å². The quantitative estimate of drug-likeness (QED) is 0.629. The van der Waals surface area contributed by atoms with Crippen molar-refractivity contribution < 1.29 is 18.0 Å². The Bertz CT molecular complexity index is 1070. The summed E-state index contributed by atoms with van der Waals surface area (Å²) in [5, 5.41) is 3.17. The van der Waals surface area contributed by atoms with Gasteiger partial charge in [-0.2, -0.15) is 13.2 Å². The minimum absolute atomic E-state index is 0.00515. The van der Waals surface area contributed by atoms with Gasteiger partial charge in [-0.25, -0.2) is 0 Å². The first-order valence-electron chi connectivity index (χ1n) is 10.1. The summed E-state index contributed by atoms with van der Waals surface area (Å²) in [6, 6.07) is 14.3. The molecule has 4 nitrogen and oxygen atoms in total. The number of carbonyl (C=O) groups excluding carboxylic acids is 1. The number of fused-ring (bicyclic) bond motifs is 1. The van der Waals surface area contributed by atoms with E-state index in [-0.39, 0.29) is 5.91 Å². The van der Waals surface area contributed by atoms with Crippen LogP contribution < -0.4 is 5.32 Å². The molecule has 7 heteroatoms. The second kappa shape index (κ2) is 8.41. The Kier molecular flexibility index (Phi) is 5.67. The van der Waals surface area contributed by atoms with Gasteiger partial charge in [0.05, 0.1) is 11.3 Å². The van der Waals surface area contributed by atoms with Crippen molar-refractivity contribution in [1.82, 2.24) is 9.88 Å². The van der Waals surface area contributed by atoms with Crippen molar-refractivity contribution in [1.29, 1.82) is 0 Å². The molecule has 2 aromatic carbocycles. The van der Waals surface area contributed by atoms with Gasteiger partial charge in [0.15, 0.2) is 0 Å². The maximum atomic E-state index is 12.9. The highest BCUT2D eigenvalue weighted by Crippen LogP contribution is 2.34. The third kappa shape index (κ3) is 4.55. The zero-order chi connectivity index (χ0) is 22.0. The molecular formula is C24H22F3N3O. The average Bonchev–Trinajstić information content (AvgIpc) is 2.78. The summed E-state index contributed by atoms with van der Waals surface area (Å²) >= 11 is 0. The van der Waals surface area contributed by atoms with E-state index < -0.39 is 17.8 Å². The Morgan fingerprint density at radius 3 is 2.55 bits per heavy atom. The Morgan fingerprint density at radius 2 is 1.87 bits per heavy atom. The molecule has 0 bridgehead atoms. The number of anilines is 1. The Balaban J connectivity index is 1.51. The second-order valence-corrected chi connectivity index (χ2v) is 7.64. The van der Waals surface area contributed by atoms with Crippen molar-refractivity contribution >= 4 is 11.6 Å². The number of amides is 1. The van der Waals surface area contributed by atoms with Crippen LogP contribution in [0, 0.1) is 0 Å². The van der Waals surface area contributed by atoms with Gasteiger partial charge in [-0.15, -0.1) is 0 Å². The van der Waals surface area contributed by atoms with Gasteiger partial charge in [-0.1, -0.05) is 30.3 Å². The average molecular weight is 425 g/mol. The molecule has 1 N–H and O–H groups in total. The number of nitrogens with zero attached hydrogens (tertiary/aromatic N) is 2. The number of hydrogen-bond donors (Lipinski definition) is 1. The van der Waals surface area contributed by atoms with Crippen molar-refractivity contribution in [3.05, 3.63) is 83.7 Å². The topological polar surface area (TPSA) is 45.2 Å². The van der Waals surface area contributed by atoms with Crippen LogP contribution in [0.3, 0.4) is 0 Å². The fraction of sp³-hybridized carbons (Fsp3) is 0.250. The summed E-state index contributed by atoms with van der Waals surface area (Å²) in [6.45, 7) is 2.85. The number of hydrogen-bond acceptors (Lipinski definition) is 3. The Morgan fingerprint density at radius 1 is 1.10 bits per heavy atom. The van der Waals surface area contributed by atoms with Crippen LogP contribution in [-0.4, -0.2) is 28.4 Å². The van der Waals surface area contributed by atoms with Crippen LogP contribution in [0.5, 0.6) is 0 Å². The smallest absolute Gasteiger partial charge is 0.373 e. The highest BCUT2D eigenvalue weighted by atomic mass is 19.4. The van der Waals surface area contributed by atoms with Crippen molar-refractivity contribution in [3.63, 3.8) is 0 Å². The van der Waals surface area contributed by atoms with Gasteiger partial charge < -0.3 is 10.2 Å². The fourth-order valence-electron chi connectivity index (χ4n) is 3.94. The SMILES string of the molecule is C[C@H](Nc1cccnc1)C(=O)N1CCc2c(cccc2-c2ccc(C(F)(F)F)cc2)C1. The molecule has 2 heterocycles. The van der Waals surface area contributed by atoms with Crippen LogP contribution in [0.15, 0.2) is 67.0 Å². The summed E-state index contributed by atoms with van der Waals surface area (Å²) < 4.78 is 38.6. The number of rotatable bonds is 4. The number of carbonyl (C=O) groups is 1. The number of benzene rings is 2. The van der Waals surface area contributed by atoms with Crippen molar-refractivity contribution in [2.45, 2.75) is 32.1 Å². The molecule has 4 rings (SSSR count). The minimum atomic E-state index is -4.35. The molecule has 1 atom stereocenters. The molecule has 1 amide bonds. The molecule has 0 aliphatic carbocycles. The zero-order valence-corrected chi connectivity index (χ0v) is 17.0. The van der Waals surface area contributed by atoms with Gasteiger partial charge >= 0.3 is 6.18 Å². The summed E-state index contributed by atoms with van der Waals surface area (Å²) in [5.74, 6) is -0.00515. The summed E-state index contributed by atoms with van der Waals surface area (Å²) in [6.07, 6.45) is -0.354. The van der Waals surface area contributed by atoms with Crippen LogP contribution in [0.1, 0.15) is 23.6 Å². The van der Waals surface area contributed by atoms with E-state index in [2.05, 4.69) is 10.3 Å². The number of alkyl halides is 3. The molecule has 1 aliphatic rings.